The molecule has 0 radical (unpaired) electrons. The first-order valence-corrected chi connectivity index (χ1v) is 5.48. The molecule has 1 amide bonds. The van der Waals surface area contributed by atoms with Crippen LogP contribution in [0.1, 0.15) is 10.5 Å². The van der Waals surface area contributed by atoms with Crippen LogP contribution in [-0.2, 0) is 11.3 Å². The van der Waals surface area contributed by atoms with Crippen LogP contribution in [-0.4, -0.2) is 32.1 Å². The molecule has 1 heterocycles. The van der Waals surface area contributed by atoms with Crippen LogP contribution in [0.5, 0.6) is 0 Å². The lowest BCUT2D eigenvalue weighted by Gasteiger charge is -2.05. The van der Waals surface area contributed by atoms with Gasteiger partial charge in [-0.1, -0.05) is 17.3 Å². The van der Waals surface area contributed by atoms with Crippen molar-refractivity contribution in [2.45, 2.75) is 6.54 Å². The molecule has 0 saturated carbocycles. The minimum absolute atomic E-state index is 0.0956. The average Bonchev–Trinajstić information content (AvgIpc) is 2.86. The smallest absolute Gasteiger partial charge is 0.292 e. The molecule has 1 aromatic heterocycles. The maximum Gasteiger partial charge on any atom is 0.292 e. The normalized spacial score (nSPS) is 10.0. The van der Waals surface area contributed by atoms with Gasteiger partial charge in [-0.15, -0.1) is 5.10 Å². The Morgan fingerprint density at radius 1 is 1.45 bits per heavy atom. The molecule has 0 bridgehead atoms. The second kappa shape index (κ2) is 5.69. The summed E-state index contributed by atoms with van der Waals surface area (Å²) in [6.45, 7) is -0.201. The number of amides is 1. The summed E-state index contributed by atoms with van der Waals surface area (Å²) in [4.78, 5) is 32.4. The van der Waals surface area contributed by atoms with E-state index in [0.29, 0.717) is 6.29 Å². The van der Waals surface area contributed by atoms with Crippen molar-refractivity contribution in [3.8, 4) is 0 Å². The van der Waals surface area contributed by atoms with Gasteiger partial charge in [-0.05, 0) is 6.07 Å². The summed E-state index contributed by atoms with van der Waals surface area (Å²) < 4.78 is 1.16. The second-order valence-electron chi connectivity index (χ2n) is 3.78. The number of benzene rings is 1. The molecule has 0 spiro atoms. The fraction of sp³-hybridized carbons (Fsp3) is 0.0909. The Hall–Kier alpha value is -3.10. The highest BCUT2D eigenvalue weighted by molar-refractivity contribution is 5.92. The highest BCUT2D eigenvalue weighted by Crippen LogP contribution is 2.22. The van der Waals surface area contributed by atoms with Gasteiger partial charge in [0, 0.05) is 6.07 Å². The fourth-order valence-corrected chi connectivity index (χ4v) is 1.52. The van der Waals surface area contributed by atoms with Gasteiger partial charge in [0.2, 0.25) is 5.91 Å². The van der Waals surface area contributed by atoms with Gasteiger partial charge < -0.3 is 5.32 Å². The maximum absolute atomic E-state index is 11.7. The lowest BCUT2D eigenvalue weighted by atomic mass is 10.2. The number of para-hydroxylation sites is 2. The predicted molar refractivity (Wildman–Crippen MR) is 67.1 cm³/mol. The van der Waals surface area contributed by atoms with E-state index in [4.69, 9.17) is 0 Å². The molecule has 9 nitrogen and oxygen atoms in total. The van der Waals surface area contributed by atoms with Gasteiger partial charge in [0.05, 0.1) is 11.1 Å². The lowest BCUT2D eigenvalue weighted by Crippen LogP contribution is -2.19. The van der Waals surface area contributed by atoms with Crippen molar-refractivity contribution < 1.29 is 14.5 Å². The second-order valence-corrected chi connectivity index (χ2v) is 3.78. The Morgan fingerprint density at radius 2 is 2.20 bits per heavy atom. The van der Waals surface area contributed by atoms with Gasteiger partial charge in [0.25, 0.3) is 5.69 Å². The molecule has 2 rings (SSSR count). The third-order valence-corrected chi connectivity index (χ3v) is 2.36. The molecule has 0 aliphatic carbocycles. The lowest BCUT2D eigenvalue weighted by molar-refractivity contribution is -0.383. The van der Waals surface area contributed by atoms with E-state index in [-0.39, 0.29) is 23.6 Å². The Balaban J connectivity index is 2.08. The zero-order valence-electron chi connectivity index (χ0n) is 10.1. The first kappa shape index (κ1) is 13.3. The summed E-state index contributed by atoms with van der Waals surface area (Å²) >= 11 is 0. The van der Waals surface area contributed by atoms with Crippen molar-refractivity contribution in [2.75, 3.05) is 5.32 Å². The molecule has 0 unspecified atom stereocenters. The van der Waals surface area contributed by atoms with E-state index >= 15 is 0 Å². The van der Waals surface area contributed by atoms with Crippen LogP contribution in [0, 0.1) is 10.1 Å². The van der Waals surface area contributed by atoms with Crippen LogP contribution in [0.15, 0.2) is 30.5 Å². The van der Waals surface area contributed by atoms with Crippen molar-refractivity contribution >= 4 is 23.6 Å². The molecule has 0 aliphatic rings. The van der Waals surface area contributed by atoms with Gasteiger partial charge in [-0.2, -0.15) is 0 Å². The Bertz CT molecular complexity index is 666. The van der Waals surface area contributed by atoms with Crippen LogP contribution in [0.25, 0.3) is 0 Å². The number of aromatic nitrogens is 3. The zero-order chi connectivity index (χ0) is 14.5. The van der Waals surface area contributed by atoms with E-state index in [9.17, 15) is 19.7 Å². The first-order chi connectivity index (χ1) is 9.60. The quantitative estimate of drug-likeness (QED) is 0.485. The van der Waals surface area contributed by atoms with Gasteiger partial charge in [-0.3, -0.25) is 19.7 Å². The third-order valence-electron chi connectivity index (χ3n) is 2.36. The van der Waals surface area contributed by atoms with Crippen LogP contribution < -0.4 is 5.32 Å². The van der Waals surface area contributed by atoms with E-state index in [1.54, 1.807) is 6.07 Å². The first-order valence-electron chi connectivity index (χ1n) is 5.48. The molecule has 2 aromatic rings. The standard InChI is InChI=1S/C11H9N5O4/c17-7-8-5-15(14-13-8)6-11(18)12-9-3-1-2-4-10(9)16(19)20/h1-5,7H,6H2,(H,12,18). The van der Waals surface area contributed by atoms with Gasteiger partial charge >= 0.3 is 0 Å². The summed E-state index contributed by atoms with van der Waals surface area (Å²) in [7, 11) is 0. The number of hydrogen-bond donors (Lipinski definition) is 1. The Labute approximate surface area is 112 Å². The highest BCUT2D eigenvalue weighted by atomic mass is 16.6. The van der Waals surface area contributed by atoms with E-state index in [1.807, 2.05) is 0 Å². The number of rotatable bonds is 5. The van der Waals surface area contributed by atoms with E-state index in [1.165, 1.54) is 24.4 Å². The maximum atomic E-state index is 11.7. The molecule has 9 heteroatoms. The minimum atomic E-state index is -0.588. The Kier molecular flexibility index (Phi) is 3.80. The predicted octanol–water partition coefficient (Wildman–Crippen LogP) is 0.637. The van der Waals surface area contributed by atoms with Crippen LogP contribution >= 0.6 is 0 Å². The van der Waals surface area contributed by atoms with E-state index in [2.05, 4.69) is 15.6 Å². The summed E-state index contributed by atoms with van der Waals surface area (Å²) in [5.74, 6) is -0.512. The van der Waals surface area contributed by atoms with Crippen LogP contribution in [0.4, 0.5) is 11.4 Å². The highest BCUT2D eigenvalue weighted by Gasteiger charge is 2.15. The van der Waals surface area contributed by atoms with Crippen molar-refractivity contribution in [3.63, 3.8) is 0 Å². The summed E-state index contributed by atoms with van der Waals surface area (Å²) in [5, 5.41) is 20.3. The van der Waals surface area contributed by atoms with Gasteiger partial charge in [-0.25, -0.2) is 4.68 Å². The molecule has 0 saturated heterocycles. The van der Waals surface area contributed by atoms with Crippen molar-refractivity contribution in [1.82, 2.24) is 15.0 Å². The molecule has 0 atom stereocenters. The number of nitro benzene ring substituents is 1. The SMILES string of the molecule is O=Cc1cn(CC(=O)Nc2ccccc2[N+](=O)[O-])nn1. The number of nitrogens with zero attached hydrogens (tertiary/aromatic N) is 4. The van der Waals surface area contributed by atoms with E-state index in [0.717, 1.165) is 4.68 Å². The molecule has 1 aromatic carbocycles. The summed E-state index contributed by atoms with van der Waals surface area (Å²) in [6.07, 6.45) is 1.80. The van der Waals surface area contributed by atoms with Crippen molar-refractivity contribution in [2.24, 2.45) is 0 Å². The number of aldehydes is 1. The summed E-state index contributed by atoms with van der Waals surface area (Å²) in [6, 6.07) is 5.79. The molecule has 1 N–H and O–H groups in total. The third kappa shape index (κ3) is 3.02. The van der Waals surface area contributed by atoms with Crippen LogP contribution in [0.2, 0.25) is 0 Å². The number of nitro groups is 1. The number of anilines is 1. The van der Waals surface area contributed by atoms with E-state index < -0.39 is 10.8 Å². The average molecular weight is 275 g/mol. The van der Waals surface area contributed by atoms with Gasteiger partial charge in [0.15, 0.2) is 6.29 Å². The topological polar surface area (TPSA) is 120 Å². The Morgan fingerprint density at radius 3 is 2.85 bits per heavy atom. The summed E-state index contributed by atoms with van der Waals surface area (Å²) in [5.41, 5.74) is -0.00487. The number of carbonyl (C=O) groups is 2. The fourth-order valence-electron chi connectivity index (χ4n) is 1.52. The molecular formula is C11H9N5O4. The molecule has 102 valence electrons. The molecule has 0 aliphatic heterocycles. The number of carbonyl (C=O) groups excluding carboxylic acids is 2. The number of hydrogen-bond acceptors (Lipinski definition) is 6. The van der Waals surface area contributed by atoms with Crippen LogP contribution in [0.3, 0.4) is 0 Å². The number of nitrogens with one attached hydrogen (secondary N) is 1. The van der Waals surface area contributed by atoms with Crippen molar-refractivity contribution in [3.05, 3.63) is 46.3 Å². The molecule has 0 fully saturated rings. The zero-order valence-corrected chi connectivity index (χ0v) is 10.1. The van der Waals surface area contributed by atoms with Gasteiger partial charge in [0.1, 0.15) is 17.9 Å². The molecule has 20 heavy (non-hydrogen) atoms. The van der Waals surface area contributed by atoms with Crippen molar-refractivity contribution in [1.29, 1.82) is 0 Å². The minimum Gasteiger partial charge on any atom is -0.319 e. The molecular weight excluding hydrogens is 266 g/mol. The largest absolute Gasteiger partial charge is 0.319 e. The monoisotopic (exact) mass is 275 g/mol.